The number of rotatable bonds is 10. The van der Waals surface area contributed by atoms with Gasteiger partial charge in [-0.3, -0.25) is 9.59 Å². The SMILES string of the molecule is CCCNCCNC(=O)C(NC(=O)c1ccc(OC)cc1)c1ccccc1.Cl. The molecule has 7 heteroatoms. The van der Waals surface area contributed by atoms with Crippen LogP contribution in [-0.4, -0.2) is 38.6 Å². The maximum Gasteiger partial charge on any atom is 0.252 e. The Morgan fingerprint density at radius 2 is 1.64 bits per heavy atom. The zero-order valence-corrected chi connectivity index (χ0v) is 17.1. The number of benzene rings is 2. The van der Waals surface area contributed by atoms with Gasteiger partial charge in [0.2, 0.25) is 5.91 Å². The number of nitrogens with one attached hydrogen (secondary N) is 3. The molecule has 1 atom stereocenters. The highest BCUT2D eigenvalue weighted by Gasteiger charge is 2.22. The summed E-state index contributed by atoms with van der Waals surface area (Å²) in [7, 11) is 1.57. The van der Waals surface area contributed by atoms with Gasteiger partial charge in [0.05, 0.1) is 7.11 Å². The van der Waals surface area contributed by atoms with Crippen molar-refractivity contribution in [2.75, 3.05) is 26.7 Å². The van der Waals surface area contributed by atoms with Crippen molar-refractivity contribution in [1.29, 1.82) is 0 Å². The quantitative estimate of drug-likeness (QED) is 0.531. The third kappa shape index (κ3) is 7.21. The van der Waals surface area contributed by atoms with Crippen LogP contribution in [0.15, 0.2) is 54.6 Å². The minimum atomic E-state index is -0.757. The van der Waals surface area contributed by atoms with Crippen molar-refractivity contribution in [3.8, 4) is 5.75 Å². The van der Waals surface area contributed by atoms with E-state index in [9.17, 15) is 9.59 Å². The number of carbonyl (C=O) groups is 2. The lowest BCUT2D eigenvalue weighted by Gasteiger charge is -2.19. The first kappa shape index (κ1) is 23.5. The van der Waals surface area contributed by atoms with E-state index < -0.39 is 6.04 Å². The zero-order valence-electron chi connectivity index (χ0n) is 16.2. The molecular weight excluding hydrogens is 378 g/mol. The topological polar surface area (TPSA) is 79.5 Å². The predicted octanol–water partition coefficient (Wildman–Crippen LogP) is 2.70. The molecule has 0 radical (unpaired) electrons. The average molecular weight is 406 g/mol. The molecule has 2 aromatic carbocycles. The van der Waals surface area contributed by atoms with E-state index in [4.69, 9.17) is 4.74 Å². The van der Waals surface area contributed by atoms with Crippen molar-refractivity contribution in [2.24, 2.45) is 0 Å². The van der Waals surface area contributed by atoms with Crippen LogP contribution < -0.4 is 20.7 Å². The predicted molar refractivity (Wildman–Crippen MR) is 113 cm³/mol. The van der Waals surface area contributed by atoms with Crippen LogP contribution in [0.5, 0.6) is 5.75 Å². The molecule has 0 heterocycles. The summed E-state index contributed by atoms with van der Waals surface area (Å²) in [5, 5.41) is 8.94. The van der Waals surface area contributed by atoms with Gasteiger partial charge in [-0.1, -0.05) is 37.3 Å². The van der Waals surface area contributed by atoms with Crippen molar-refractivity contribution < 1.29 is 14.3 Å². The molecule has 152 valence electrons. The highest BCUT2D eigenvalue weighted by atomic mass is 35.5. The van der Waals surface area contributed by atoms with Crippen LogP contribution in [0.3, 0.4) is 0 Å². The summed E-state index contributed by atoms with van der Waals surface area (Å²) in [4.78, 5) is 25.3. The van der Waals surface area contributed by atoms with Crippen molar-refractivity contribution in [1.82, 2.24) is 16.0 Å². The normalized spacial score (nSPS) is 11.1. The van der Waals surface area contributed by atoms with E-state index in [-0.39, 0.29) is 24.2 Å². The first-order chi connectivity index (χ1) is 13.2. The van der Waals surface area contributed by atoms with Crippen LogP contribution in [0.4, 0.5) is 0 Å². The van der Waals surface area contributed by atoms with Gasteiger partial charge in [0.1, 0.15) is 11.8 Å². The largest absolute Gasteiger partial charge is 0.497 e. The van der Waals surface area contributed by atoms with Crippen LogP contribution in [0, 0.1) is 0 Å². The highest BCUT2D eigenvalue weighted by Crippen LogP contribution is 2.16. The Morgan fingerprint density at radius 3 is 2.25 bits per heavy atom. The molecule has 6 nitrogen and oxygen atoms in total. The monoisotopic (exact) mass is 405 g/mol. The first-order valence-electron chi connectivity index (χ1n) is 9.14. The molecule has 28 heavy (non-hydrogen) atoms. The maximum atomic E-state index is 12.7. The van der Waals surface area contributed by atoms with E-state index in [2.05, 4.69) is 22.9 Å². The Morgan fingerprint density at radius 1 is 0.964 bits per heavy atom. The molecule has 0 aliphatic heterocycles. The fraction of sp³-hybridized carbons (Fsp3) is 0.333. The van der Waals surface area contributed by atoms with Crippen LogP contribution in [-0.2, 0) is 4.79 Å². The van der Waals surface area contributed by atoms with Crippen LogP contribution >= 0.6 is 12.4 Å². The summed E-state index contributed by atoms with van der Waals surface area (Å²) in [5.41, 5.74) is 1.20. The molecule has 0 fully saturated rings. The molecular formula is C21H28ClN3O3. The fourth-order valence-corrected chi connectivity index (χ4v) is 2.58. The van der Waals surface area contributed by atoms with Gasteiger partial charge in [0, 0.05) is 18.7 Å². The third-order valence-corrected chi connectivity index (χ3v) is 4.05. The van der Waals surface area contributed by atoms with E-state index in [0.29, 0.717) is 24.4 Å². The van der Waals surface area contributed by atoms with Gasteiger partial charge in [-0.05, 0) is 42.8 Å². The van der Waals surface area contributed by atoms with Crippen molar-refractivity contribution in [3.05, 3.63) is 65.7 Å². The molecule has 0 bridgehead atoms. The molecule has 0 aliphatic carbocycles. The van der Waals surface area contributed by atoms with Gasteiger partial charge >= 0.3 is 0 Å². The summed E-state index contributed by atoms with van der Waals surface area (Å²) in [5.74, 6) is 0.121. The first-order valence-corrected chi connectivity index (χ1v) is 9.14. The number of carbonyl (C=O) groups excluding carboxylic acids is 2. The van der Waals surface area contributed by atoms with E-state index in [0.717, 1.165) is 18.5 Å². The number of methoxy groups -OCH3 is 1. The lowest BCUT2D eigenvalue weighted by atomic mass is 10.1. The second-order valence-electron chi connectivity index (χ2n) is 6.09. The lowest BCUT2D eigenvalue weighted by Crippen LogP contribution is -2.42. The minimum Gasteiger partial charge on any atom is -0.497 e. The van der Waals surface area contributed by atoms with E-state index in [1.807, 2.05) is 30.3 Å². The second kappa shape index (κ2) is 12.8. The van der Waals surface area contributed by atoms with Crippen molar-refractivity contribution >= 4 is 24.2 Å². The summed E-state index contributed by atoms with van der Waals surface area (Å²) in [6.07, 6.45) is 1.04. The van der Waals surface area contributed by atoms with E-state index in [1.54, 1.807) is 31.4 Å². The molecule has 0 aromatic heterocycles. The molecule has 3 N–H and O–H groups in total. The third-order valence-electron chi connectivity index (χ3n) is 4.05. The van der Waals surface area contributed by atoms with Crippen molar-refractivity contribution in [3.63, 3.8) is 0 Å². The minimum absolute atomic E-state index is 0. The molecule has 2 amide bonds. The summed E-state index contributed by atoms with van der Waals surface area (Å²) in [6.45, 7) is 4.19. The maximum absolute atomic E-state index is 12.7. The zero-order chi connectivity index (χ0) is 19.5. The van der Waals surface area contributed by atoms with Gasteiger partial charge in [-0.2, -0.15) is 0 Å². The molecule has 0 aliphatic rings. The van der Waals surface area contributed by atoms with E-state index in [1.165, 1.54) is 0 Å². The number of hydrogen-bond donors (Lipinski definition) is 3. The fourth-order valence-electron chi connectivity index (χ4n) is 2.58. The molecule has 1 unspecified atom stereocenters. The Labute approximate surface area is 172 Å². The molecule has 0 saturated carbocycles. The number of halogens is 1. The molecule has 0 spiro atoms. The summed E-state index contributed by atoms with van der Waals surface area (Å²) < 4.78 is 5.11. The van der Waals surface area contributed by atoms with Gasteiger partial charge in [0.15, 0.2) is 0 Å². The van der Waals surface area contributed by atoms with Crippen molar-refractivity contribution in [2.45, 2.75) is 19.4 Å². The lowest BCUT2D eigenvalue weighted by molar-refractivity contribution is -0.123. The molecule has 0 saturated heterocycles. The summed E-state index contributed by atoms with van der Waals surface area (Å²) >= 11 is 0. The van der Waals surface area contributed by atoms with E-state index >= 15 is 0 Å². The van der Waals surface area contributed by atoms with Gasteiger partial charge in [-0.15, -0.1) is 12.4 Å². The molecule has 2 aromatic rings. The van der Waals surface area contributed by atoms with Crippen LogP contribution in [0.2, 0.25) is 0 Å². The van der Waals surface area contributed by atoms with Crippen LogP contribution in [0.1, 0.15) is 35.3 Å². The second-order valence-corrected chi connectivity index (χ2v) is 6.09. The Balaban J connectivity index is 0.00000392. The summed E-state index contributed by atoms with van der Waals surface area (Å²) in [6, 6.07) is 15.2. The number of amides is 2. The number of hydrogen-bond acceptors (Lipinski definition) is 4. The average Bonchev–Trinajstić information content (AvgIpc) is 2.72. The Kier molecular flexibility index (Phi) is 10.7. The Hall–Kier alpha value is -2.57. The highest BCUT2D eigenvalue weighted by molar-refractivity contribution is 5.98. The smallest absolute Gasteiger partial charge is 0.252 e. The number of ether oxygens (including phenoxy) is 1. The van der Waals surface area contributed by atoms with Gasteiger partial charge < -0.3 is 20.7 Å². The van der Waals surface area contributed by atoms with Gasteiger partial charge in [0.25, 0.3) is 5.91 Å². The Bertz CT molecular complexity index is 723. The van der Waals surface area contributed by atoms with Crippen LogP contribution in [0.25, 0.3) is 0 Å². The van der Waals surface area contributed by atoms with Gasteiger partial charge in [-0.25, -0.2) is 0 Å². The molecule has 2 rings (SSSR count). The standard InChI is InChI=1S/C21H27N3O3.ClH/c1-3-13-22-14-15-23-21(26)19(16-7-5-4-6-8-16)24-20(25)17-9-11-18(27-2)12-10-17;/h4-12,19,22H,3,13-15H2,1-2H3,(H,23,26)(H,24,25);1H.